The minimum atomic E-state index is -0.528. The van der Waals surface area contributed by atoms with Crippen LogP contribution in [0.5, 0.6) is 5.75 Å². The molecule has 8 heteroatoms. The minimum absolute atomic E-state index is 0.0653. The molecule has 1 unspecified atom stereocenters. The van der Waals surface area contributed by atoms with Gasteiger partial charge in [0.25, 0.3) is 6.29 Å². The Bertz CT molecular complexity index is 1080. The van der Waals surface area contributed by atoms with E-state index < -0.39 is 6.29 Å². The van der Waals surface area contributed by atoms with Crippen molar-refractivity contribution >= 4 is 11.6 Å². The van der Waals surface area contributed by atoms with Gasteiger partial charge < -0.3 is 25.3 Å². The average molecular weight is 420 g/mol. The fourth-order valence-corrected chi connectivity index (χ4v) is 3.28. The normalized spacial score (nSPS) is 15.0. The molecule has 0 radical (unpaired) electrons. The van der Waals surface area contributed by atoms with Crippen molar-refractivity contribution in [3.8, 4) is 17.0 Å². The number of hydrogen-bond acceptors (Lipinski definition) is 6. The van der Waals surface area contributed by atoms with Gasteiger partial charge in [0, 0.05) is 36.6 Å². The Hall–Kier alpha value is -3.78. The monoisotopic (exact) mass is 420 g/mol. The summed E-state index contributed by atoms with van der Waals surface area (Å²) < 4.78 is 18.8. The lowest BCUT2D eigenvalue weighted by Crippen LogP contribution is -2.14. The molecule has 0 aliphatic carbocycles. The van der Waals surface area contributed by atoms with Crippen molar-refractivity contribution in [2.75, 3.05) is 18.5 Å². The molecule has 4 rings (SSSR count). The van der Waals surface area contributed by atoms with E-state index in [1.165, 1.54) is 6.26 Å². The molecule has 1 aliphatic heterocycles. The van der Waals surface area contributed by atoms with Crippen molar-refractivity contribution in [1.29, 1.82) is 0 Å². The van der Waals surface area contributed by atoms with E-state index in [9.17, 15) is 4.79 Å². The quantitative estimate of drug-likeness (QED) is 0.580. The Kier molecular flexibility index (Phi) is 6.18. The predicted molar refractivity (Wildman–Crippen MR) is 116 cm³/mol. The zero-order valence-corrected chi connectivity index (χ0v) is 17.2. The SMILES string of the molecule is Cn1nccc1-c1cc(NC(=O)CC2=COC(c3ccccc3)O2)ccc1OCCN. The van der Waals surface area contributed by atoms with Crippen LogP contribution in [0.4, 0.5) is 5.69 Å². The van der Waals surface area contributed by atoms with E-state index in [1.54, 1.807) is 16.9 Å². The molecule has 8 nitrogen and oxygen atoms in total. The highest BCUT2D eigenvalue weighted by Gasteiger charge is 2.23. The number of aromatic nitrogens is 2. The third kappa shape index (κ3) is 4.87. The standard InChI is InChI=1S/C23H24N4O4/c1-27-20(9-11-25-27)19-13-17(7-8-21(19)29-12-10-24)26-22(28)14-18-15-30-23(31-18)16-5-3-2-4-6-16/h2-9,11,13,15,23H,10,12,14,24H2,1H3,(H,26,28). The Morgan fingerprint density at radius 2 is 2.06 bits per heavy atom. The van der Waals surface area contributed by atoms with Crippen molar-refractivity contribution in [2.45, 2.75) is 12.7 Å². The van der Waals surface area contributed by atoms with Crippen LogP contribution in [0.25, 0.3) is 11.3 Å². The van der Waals surface area contributed by atoms with Crippen LogP contribution in [0.15, 0.2) is 72.8 Å². The molecule has 1 aliphatic rings. The van der Waals surface area contributed by atoms with Gasteiger partial charge in [0.05, 0.1) is 12.1 Å². The van der Waals surface area contributed by atoms with Crippen molar-refractivity contribution < 1.29 is 19.0 Å². The van der Waals surface area contributed by atoms with Gasteiger partial charge in [-0.3, -0.25) is 9.48 Å². The third-order valence-electron chi connectivity index (χ3n) is 4.72. The first-order valence-corrected chi connectivity index (χ1v) is 9.95. The number of nitrogens with zero attached hydrogens (tertiary/aromatic N) is 2. The first-order chi connectivity index (χ1) is 15.1. The smallest absolute Gasteiger partial charge is 0.266 e. The second-order valence-corrected chi connectivity index (χ2v) is 6.99. The predicted octanol–water partition coefficient (Wildman–Crippen LogP) is 3.34. The van der Waals surface area contributed by atoms with Crippen molar-refractivity contribution in [3.05, 3.63) is 78.4 Å². The van der Waals surface area contributed by atoms with Crippen LogP contribution >= 0.6 is 0 Å². The van der Waals surface area contributed by atoms with Crippen molar-refractivity contribution in [3.63, 3.8) is 0 Å². The van der Waals surface area contributed by atoms with Crippen LogP contribution < -0.4 is 15.8 Å². The van der Waals surface area contributed by atoms with Crippen LogP contribution in [0.1, 0.15) is 18.3 Å². The topological polar surface area (TPSA) is 101 Å². The molecule has 1 amide bonds. The fourth-order valence-electron chi connectivity index (χ4n) is 3.28. The van der Waals surface area contributed by atoms with Crippen molar-refractivity contribution in [2.24, 2.45) is 12.8 Å². The molecule has 0 bridgehead atoms. The number of benzene rings is 2. The number of carbonyl (C=O) groups excluding carboxylic acids is 1. The van der Waals surface area contributed by atoms with E-state index in [1.807, 2.05) is 55.6 Å². The number of aryl methyl sites for hydroxylation is 1. The summed E-state index contributed by atoms with van der Waals surface area (Å²) in [5, 5.41) is 7.12. The largest absolute Gasteiger partial charge is 0.492 e. The highest BCUT2D eigenvalue weighted by atomic mass is 16.7. The summed E-state index contributed by atoms with van der Waals surface area (Å²) in [6, 6.07) is 16.9. The maximum atomic E-state index is 12.6. The lowest BCUT2D eigenvalue weighted by Gasteiger charge is -2.14. The van der Waals surface area contributed by atoms with Crippen LogP contribution in [-0.2, 0) is 21.3 Å². The number of anilines is 1. The molecule has 0 saturated carbocycles. The molecule has 0 spiro atoms. The average Bonchev–Trinajstić information content (AvgIpc) is 3.42. The second kappa shape index (κ2) is 9.36. The Balaban J connectivity index is 1.43. The van der Waals surface area contributed by atoms with Crippen LogP contribution in [-0.4, -0.2) is 28.8 Å². The number of ether oxygens (including phenoxy) is 3. The van der Waals surface area contributed by atoms with Gasteiger partial charge in [-0.25, -0.2) is 0 Å². The zero-order valence-electron chi connectivity index (χ0n) is 17.2. The van der Waals surface area contributed by atoms with Gasteiger partial charge in [-0.2, -0.15) is 5.10 Å². The summed E-state index contributed by atoms with van der Waals surface area (Å²) in [5.74, 6) is 0.934. The third-order valence-corrected chi connectivity index (χ3v) is 4.72. The highest BCUT2D eigenvalue weighted by molar-refractivity contribution is 5.93. The van der Waals surface area contributed by atoms with Gasteiger partial charge in [0.1, 0.15) is 24.4 Å². The first kappa shape index (κ1) is 20.5. The van der Waals surface area contributed by atoms with E-state index in [2.05, 4.69) is 10.4 Å². The molecule has 160 valence electrons. The number of hydrogen-bond donors (Lipinski definition) is 2. The molecular weight excluding hydrogens is 396 g/mol. The molecule has 1 aromatic heterocycles. The lowest BCUT2D eigenvalue weighted by atomic mass is 10.1. The Morgan fingerprint density at radius 3 is 2.81 bits per heavy atom. The molecule has 2 aromatic carbocycles. The molecule has 0 fully saturated rings. The summed E-state index contributed by atoms with van der Waals surface area (Å²) in [6.07, 6.45) is 2.73. The van der Waals surface area contributed by atoms with Gasteiger partial charge in [-0.15, -0.1) is 0 Å². The Labute approximate surface area is 180 Å². The molecule has 3 N–H and O–H groups in total. The summed E-state index contributed by atoms with van der Waals surface area (Å²) in [7, 11) is 1.85. The van der Waals surface area contributed by atoms with Crippen LogP contribution in [0.3, 0.4) is 0 Å². The van der Waals surface area contributed by atoms with Gasteiger partial charge >= 0.3 is 0 Å². The molecular formula is C23H24N4O4. The van der Waals surface area contributed by atoms with Crippen LogP contribution in [0.2, 0.25) is 0 Å². The van der Waals surface area contributed by atoms with Crippen LogP contribution in [0, 0.1) is 0 Å². The van der Waals surface area contributed by atoms with E-state index in [4.69, 9.17) is 19.9 Å². The number of amides is 1. The molecule has 31 heavy (non-hydrogen) atoms. The number of carbonyl (C=O) groups is 1. The first-order valence-electron chi connectivity index (χ1n) is 9.95. The van der Waals surface area contributed by atoms with Gasteiger partial charge in [-0.1, -0.05) is 30.3 Å². The molecule has 0 saturated heterocycles. The van der Waals surface area contributed by atoms with Crippen molar-refractivity contribution in [1.82, 2.24) is 9.78 Å². The van der Waals surface area contributed by atoms with Gasteiger partial charge in [-0.05, 0) is 24.3 Å². The summed E-state index contributed by atoms with van der Waals surface area (Å²) in [6.45, 7) is 0.801. The summed E-state index contributed by atoms with van der Waals surface area (Å²) in [4.78, 5) is 12.6. The number of rotatable bonds is 8. The maximum absolute atomic E-state index is 12.6. The van der Waals surface area contributed by atoms with E-state index in [0.717, 1.165) is 16.8 Å². The van der Waals surface area contributed by atoms with Gasteiger partial charge in [0.15, 0.2) is 0 Å². The number of nitrogens with two attached hydrogens (primary N) is 1. The highest BCUT2D eigenvalue weighted by Crippen LogP contribution is 2.33. The van der Waals surface area contributed by atoms with E-state index in [-0.39, 0.29) is 12.3 Å². The van der Waals surface area contributed by atoms with E-state index >= 15 is 0 Å². The lowest BCUT2D eigenvalue weighted by molar-refractivity contribution is -0.116. The molecule has 3 aromatic rings. The second-order valence-electron chi connectivity index (χ2n) is 6.99. The maximum Gasteiger partial charge on any atom is 0.266 e. The summed E-state index contributed by atoms with van der Waals surface area (Å²) >= 11 is 0. The fraction of sp³-hybridized carbons (Fsp3) is 0.217. The Morgan fingerprint density at radius 1 is 1.23 bits per heavy atom. The number of nitrogens with one attached hydrogen (secondary N) is 1. The van der Waals surface area contributed by atoms with Gasteiger partial charge in [0.2, 0.25) is 5.91 Å². The summed E-state index contributed by atoms with van der Waals surface area (Å²) in [5.41, 5.74) is 8.78. The molecule has 1 atom stereocenters. The minimum Gasteiger partial charge on any atom is -0.492 e. The molecule has 2 heterocycles. The zero-order chi connectivity index (χ0) is 21.6. The van der Waals surface area contributed by atoms with E-state index in [0.29, 0.717) is 30.3 Å².